The van der Waals surface area contributed by atoms with Gasteiger partial charge in [-0.25, -0.2) is 0 Å². The van der Waals surface area contributed by atoms with Crippen LogP contribution >= 0.6 is 11.8 Å². The Morgan fingerprint density at radius 1 is 0.889 bits per heavy atom. The zero-order valence-corrected chi connectivity index (χ0v) is 11.1. The molecule has 0 fully saturated rings. The van der Waals surface area contributed by atoms with Crippen molar-refractivity contribution in [1.29, 1.82) is 0 Å². The molecule has 2 aromatic rings. The first-order valence-corrected chi connectivity index (χ1v) is 7.36. The number of rotatable bonds is 6. The van der Waals surface area contributed by atoms with Crippen LogP contribution in [0.4, 0.5) is 0 Å². The van der Waals surface area contributed by atoms with Gasteiger partial charge in [0.2, 0.25) is 0 Å². The number of aliphatic hydroxyl groups excluding tert-OH is 1. The molecule has 0 aromatic heterocycles. The van der Waals surface area contributed by atoms with Crippen LogP contribution in [-0.4, -0.2) is 10.9 Å². The number of hydrogen-bond acceptors (Lipinski definition) is 2. The Kier molecular flexibility index (Phi) is 5.31. The quantitative estimate of drug-likeness (QED) is 0.789. The summed E-state index contributed by atoms with van der Waals surface area (Å²) in [4.78, 5) is 0. The SMILES string of the molecule is O[C@@H](CCSCc1ccccc1)c1ccccc1. The Bertz CT molecular complexity index is 441. The van der Waals surface area contributed by atoms with Gasteiger partial charge in [-0.1, -0.05) is 60.7 Å². The topological polar surface area (TPSA) is 20.2 Å². The lowest BCUT2D eigenvalue weighted by molar-refractivity contribution is 0.175. The normalized spacial score (nSPS) is 12.3. The highest BCUT2D eigenvalue weighted by molar-refractivity contribution is 7.98. The van der Waals surface area contributed by atoms with E-state index in [1.165, 1.54) is 5.56 Å². The van der Waals surface area contributed by atoms with Crippen LogP contribution in [0.2, 0.25) is 0 Å². The van der Waals surface area contributed by atoms with Crippen LogP contribution in [0.25, 0.3) is 0 Å². The molecule has 0 aliphatic heterocycles. The van der Waals surface area contributed by atoms with Crippen LogP contribution in [0, 0.1) is 0 Å². The molecule has 0 aliphatic carbocycles. The van der Waals surface area contributed by atoms with E-state index in [9.17, 15) is 5.11 Å². The van der Waals surface area contributed by atoms with Crippen LogP contribution in [0.5, 0.6) is 0 Å². The molecule has 94 valence electrons. The van der Waals surface area contributed by atoms with E-state index in [-0.39, 0.29) is 6.10 Å². The molecule has 18 heavy (non-hydrogen) atoms. The van der Waals surface area contributed by atoms with E-state index in [1.54, 1.807) is 0 Å². The van der Waals surface area contributed by atoms with Gasteiger partial charge in [-0.05, 0) is 23.3 Å². The van der Waals surface area contributed by atoms with Gasteiger partial charge in [0.1, 0.15) is 0 Å². The first kappa shape index (κ1) is 13.2. The van der Waals surface area contributed by atoms with Gasteiger partial charge in [-0.15, -0.1) is 0 Å². The molecule has 2 aromatic carbocycles. The smallest absolute Gasteiger partial charge is 0.0797 e. The molecule has 1 atom stereocenters. The summed E-state index contributed by atoms with van der Waals surface area (Å²) in [5.74, 6) is 1.99. The summed E-state index contributed by atoms with van der Waals surface area (Å²) in [6.07, 6.45) is 0.469. The van der Waals surface area contributed by atoms with Crippen molar-refractivity contribution in [2.75, 3.05) is 5.75 Å². The van der Waals surface area contributed by atoms with E-state index < -0.39 is 0 Å². The third-order valence-electron chi connectivity index (χ3n) is 2.83. The van der Waals surface area contributed by atoms with Crippen molar-refractivity contribution in [2.45, 2.75) is 18.3 Å². The van der Waals surface area contributed by atoms with Crippen molar-refractivity contribution in [3.05, 3.63) is 71.8 Å². The lowest BCUT2D eigenvalue weighted by atomic mass is 10.1. The third-order valence-corrected chi connectivity index (χ3v) is 3.89. The fraction of sp³-hybridized carbons (Fsp3) is 0.250. The summed E-state index contributed by atoms with van der Waals surface area (Å²) in [6, 6.07) is 20.3. The molecule has 0 radical (unpaired) electrons. The van der Waals surface area contributed by atoms with Crippen molar-refractivity contribution in [1.82, 2.24) is 0 Å². The first-order chi connectivity index (χ1) is 8.86. The fourth-order valence-electron chi connectivity index (χ4n) is 1.80. The Labute approximate surface area is 113 Å². The van der Waals surface area contributed by atoms with Crippen molar-refractivity contribution >= 4 is 11.8 Å². The molecule has 1 N–H and O–H groups in total. The summed E-state index contributed by atoms with van der Waals surface area (Å²) in [7, 11) is 0. The molecule has 0 bridgehead atoms. The molecule has 1 nitrogen and oxygen atoms in total. The van der Waals surface area contributed by atoms with E-state index in [0.717, 1.165) is 23.5 Å². The standard InChI is InChI=1S/C16H18OS/c17-16(15-9-5-2-6-10-15)11-12-18-13-14-7-3-1-4-8-14/h1-10,16-17H,11-13H2/t16-/m0/s1. The monoisotopic (exact) mass is 258 g/mol. The van der Waals surface area contributed by atoms with Gasteiger partial charge in [0.15, 0.2) is 0 Å². The highest BCUT2D eigenvalue weighted by Crippen LogP contribution is 2.20. The first-order valence-electron chi connectivity index (χ1n) is 6.21. The molecule has 0 unspecified atom stereocenters. The molecule has 0 amide bonds. The van der Waals surface area contributed by atoms with E-state index in [1.807, 2.05) is 48.2 Å². The molecule has 0 saturated carbocycles. The maximum absolute atomic E-state index is 10.0. The molecule has 2 rings (SSSR count). The lowest BCUT2D eigenvalue weighted by Gasteiger charge is -2.10. The Balaban J connectivity index is 1.70. The average molecular weight is 258 g/mol. The molecular weight excluding hydrogens is 240 g/mol. The zero-order chi connectivity index (χ0) is 12.6. The van der Waals surface area contributed by atoms with Gasteiger partial charge >= 0.3 is 0 Å². The van der Waals surface area contributed by atoms with E-state index in [4.69, 9.17) is 0 Å². The molecule has 0 heterocycles. The van der Waals surface area contributed by atoms with E-state index in [2.05, 4.69) is 24.3 Å². The molecule has 2 heteroatoms. The van der Waals surface area contributed by atoms with Gasteiger partial charge in [0, 0.05) is 5.75 Å². The Hall–Kier alpha value is -1.25. The van der Waals surface area contributed by atoms with E-state index in [0.29, 0.717) is 0 Å². The minimum absolute atomic E-state index is 0.338. The van der Waals surface area contributed by atoms with Crippen LogP contribution in [0.1, 0.15) is 23.7 Å². The molecule has 0 saturated heterocycles. The summed E-state index contributed by atoms with van der Waals surface area (Å²) < 4.78 is 0. The number of thioether (sulfide) groups is 1. The second-order valence-electron chi connectivity index (χ2n) is 4.25. The van der Waals surface area contributed by atoms with Crippen molar-refractivity contribution < 1.29 is 5.11 Å². The minimum Gasteiger partial charge on any atom is -0.388 e. The highest BCUT2D eigenvalue weighted by atomic mass is 32.2. The van der Waals surface area contributed by atoms with Gasteiger partial charge in [-0.2, -0.15) is 11.8 Å². The van der Waals surface area contributed by atoms with Crippen molar-refractivity contribution in [3.8, 4) is 0 Å². The lowest BCUT2D eigenvalue weighted by Crippen LogP contribution is -1.98. The fourth-order valence-corrected chi connectivity index (χ4v) is 2.76. The second-order valence-corrected chi connectivity index (χ2v) is 5.36. The predicted octanol–water partition coefficient (Wildman–Crippen LogP) is 4.04. The highest BCUT2D eigenvalue weighted by Gasteiger charge is 2.06. The van der Waals surface area contributed by atoms with Gasteiger partial charge in [-0.3, -0.25) is 0 Å². The van der Waals surface area contributed by atoms with Gasteiger partial charge in [0.25, 0.3) is 0 Å². The summed E-state index contributed by atoms with van der Waals surface area (Å²) in [6.45, 7) is 0. The van der Waals surface area contributed by atoms with Crippen LogP contribution < -0.4 is 0 Å². The summed E-state index contributed by atoms with van der Waals surface area (Å²) in [5.41, 5.74) is 2.36. The maximum Gasteiger partial charge on any atom is 0.0797 e. The second kappa shape index (κ2) is 7.24. The zero-order valence-electron chi connectivity index (χ0n) is 10.3. The summed E-state index contributed by atoms with van der Waals surface area (Å²) >= 11 is 1.87. The van der Waals surface area contributed by atoms with Crippen LogP contribution in [0.3, 0.4) is 0 Å². The molecular formula is C16H18OS. The van der Waals surface area contributed by atoms with E-state index >= 15 is 0 Å². The summed E-state index contributed by atoms with van der Waals surface area (Å²) in [5, 5.41) is 10.0. The predicted molar refractivity (Wildman–Crippen MR) is 78.6 cm³/mol. The number of hydrogen-bond donors (Lipinski definition) is 1. The number of benzene rings is 2. The van der Waals surface area contributed by atoms with Crippen LogP contribution in [-0.2, 0) is 5.75 Å². The molecule has 0 aliphatic rings. The van der Waals surface area contributed by atoms with Crippen molar-refractivity contribution in [3.63, 3.8) is 0 Å². The number of aliphatic hydroxyl groups is 1. The minimum atomic E-state index is -0.338. The Morgan fingerprint density at radius 2 is 1.50 bits per heavy atom. The molecule has 0 spiro atoms. The average Bonchev–Trinajstić information content (AvgIpc) is 2.45. The maximum atomic E-state index is 10.0. The van der Waals surface area contributed by atoms with Gasteiger partial charge < -0.3 is 5.11 Å². The third kappa shape index (κ3) is 4.21. The van der Waals surface area contributed by atoms with Gasteiger partial charge in [0.05, 0.1) is 6.10 Å². The van der Waals surface area contributed by atoms with Crippen molar-refractivity contribution in [2.24, 2.45) is 0 Å². The Morgan fingerprint density at radius 3 is 2.17 bits per heavy atom. The largest absolute Gasteiger partial charge is 0.388 e. The van der Waals surface area contributed by atoms with Crippen LogP contribution in [0.15, 0.2) is 60.7 Å².